The van der Waals surface area contributed by atoms with E-state index in [1.54, 1.807) is 0 Å². The lowest BCUT2D eigenvalue weighted by Gasteiger charge is -2.18. The van der Waals surface area contributed by atoms with Gasteiger partial charge in [0.1, 0.15) is 13.2 Å². The molecule has 388 valence electrons. The van der Waals surface area contributed by atoms with Gasteiger partial charge in [-0.05, 0) is 70.6 Å². The zero-order valence-corrected chi connectivity index (χ0v) is 44.5. The van der Waals surface area contributed by atoms with Gasteiger partial charge in [0.25, 0.3) is 0 Å². The lowest BCUT2D eigenvalue weighted by atomic mass is 10.0. The van der Waals surface area contributed by atoms with Crippen molar-refractivity contribution in [2.45, 2.75) is 329 Å². The highest BCUT2D eigenvalue weighted by molar-refractivity contribution is 5.71. The molecule has 0 spiro atoms. The summed E-state index contributed by atoms with van der Waals surface area (Å²) < 4.78 is 16.9. The maximum Gasteiger partial charge on any atom is 0.306 e. The van der Waals surface area contributed by atoms with Gasteiger partial charge in [-0.3, -0.25) is 14.4 Å². The van der Waals surface area contributed by atoms with Crippen LogP contribution in [0.4, 0.5) is 0 Å². The molecule has 0 aliphatic heterocycles. The number of ether oxygens (including phenoxy) is 3. The van der Waals surface area contributed by atoms with Crippen molar-refractivity contribution < 1.29 is 28.6 Å². The van der Waals surface area contributed by atoms with Gasteiger partial charge in [0.05, 0.1) is 0 Å². The molecule has 0 aliphatic rings. The first-order chi connectivity index (χ1) is 32.5. The van der Waals surface area contributed by atoms with Gasteiger partial charge in [-0.2, -0.15) is 0 Å². The molecule has 0 radical (unpaired) electrons. The van der Waals surface area contributed by atoms with E-state index in [0.717, 1.165) is 64.2 Å². The van der Waals surface area contributed by atoms with Crippen molar-refractivity contribution in [3.8, 4) is 0 Å². The molecule has 0 fully saturated rings. The van der Waals surface area contributed by atoms with Gasteiger partial charge in [-0.15, -0.1) is 0 Å². The van der Waals surface area contributed by atoms with Gasteiger partial charge in [-0.1, -0.05) is 257 Å². The van der Waals surface area contributed by atoms with Gasteiger partial charge in [0, 0.05) is 19.3 Å². The van der Waals surface area contributed by atoms with E-state index in [1.165, 1.54) is 218 Å². The highest BCUT2D eigenvalue weighted by Gasteiger charge is 2.19. The molecule has 0 aromatic heterocycles. The minimum Gasteiger partial charge on any atom is -0.462 e. The zero-order valence-electron chi connectivity index (χ0n) is 44.5. The molecule has 0 amide bonds. The molecule has 1 atom stereocenters. The molecule has 0 aliphatic carbocycles. The summed E-state index contributed by atoms with van der Waals surface area (Å²) in [5, 5.41) is 0. The van der Waals surface area contributed by atoms with E-state index >= 15 is 0 Å². The van der Waals surface area contributed by atoms with Crippen LogP contribution in [0.25, 0.3) is 0 Å². The monoisotopic (exact) mass is 929 g/mol. The van der Waals surface area contributed by atoms with E-state index < -0.39 is 6.10 Å². The first-order valence-corrected chi connectivity index (χ1v) is 29.3. The second kappa shape index (κ2) is 55.5. The summed E-state index contributed by atoms with van der Waals surface area (Å²) in [5.41, 5.74) is 0. The molecule has 0 aromatic carbocycles. The van der Waals surface area contributed by atoms with Crippen molar-refractivity contribution in [3.05, 3.63) is 24.3 Å². The van der Waals surface area contributed by atoms with Crippen LogP contribution in [0.3, 0.4) is 0 Å². The Labute approximate surface area is 411 Å². The van der Waals surface area contributed by atoms with Gasteiger partial charge in [0.2, 0.25) is 0 Å². The second-order valence-corrected chi connectivity index (χ2v) is 19.9. The van der Waals surface area contributed by atoms with Crippen LogP contribution in [0.2, 0.25) is 0 Å². The quantitative estimate of drug-likeness (QED) is 0.0262. The fourth-order valence-electron chi connectivity index (χ4n) is 8.73. The van der Waals surface area contributed by atoms with Crippen molar-refractivity contribution in [3.63, 3.8) is 0 Å². The SMILES string of the molecule is CCCCCCC/C=C/CCCCCCCC(=O)OC[C@H](COC(=O)CCCCCCCCC/C=C/CCCCCCCC)OC(=O)CCCCCCCCCCCCCCCCCCC. The topological polar surface area (TPSA) is 78.9 Å². The summed E-state index contributed by atoms with van der Waals surface area (Å²) in [6, 6.07) is 0. The fraction of sp³-hybridized carbons (Fsp3) is 0.883. The fourth-order valence-corrected chi connectivity index (χ4v) is 8.73. The van der Waals surface area contributed by atoms with Gasteiger partial charge in [-0.25, -0.2) is 0 Å². The lowest BCUT2D eigenvalue weighted by Crippen LogP contribution is -2.30. The summed E-state index contributed by atoms with van der Waals surface area (Å²) in [7, 11) is 0. The highest BCUT2D eigenvalue weighted by atomic mass is 16.6. The Balaban J connectivity index is 4.34. The average Bonchev–Trinajstić information content (AvgIpc) is 3.31. The number of rotatable bonds is 54. The maximum absolute atomic E-state index is 12.9. The Bertz CT molecular complexity index is 1070. The second-order valence-electron chi connectivity index (χ2n) is 19.9. The van der Waals surface area contributed by atoms with Crippen LogP contribution in [0, 0.1) is 0 Å². The molecule has 0 rings (SSSR count). The number of esters is 3. The number of unbranched alkanes of at least 4 members (excludes halogenated alkanes) is 39. The number of allylic oxidation sites excluding steroid dienone is 4. The Kier molecular flexibility index (Phi) is 53.7. The minimum absolute atomic E-state index is 0.0718. The Morgan fingerprint density at radius 3 is 0.758 bits per heavy atom. The van der Waals surface area contributed by atoms with Crippen molar-refractivity contribution in [1.29, 1.82) is 0 Å². The van der Waals surface area contributed by atoms with E-state index in [1.807, 2.05) is 0 Å². The Hall–Kier alpha value is -2.11. The smallest absolute Gasteiger partial charge is 0.306 e. The molecule has 66 heavy (non-hydrogen) atoms. The van der Waals surface area contributed by atoms with Crippen LogP contribution in [0.15, 0.2) is 24.3 Å². The molecule has 0 saturated heterocycles. The van der Waals surface area contributed by atoms with Crippen molar-refractivity contribution in [2.75, 3.05) is 13.2 Å². The molecule has 0 saturated carbocycles. The minimum atomic E-state index is -0.772. The van der Waals surface area contributed by atoms with Crippen LogP contribution in [-0.4, -0.2) is 37.2 Å². The third-order valence-electron chi connectivity index (χ3n) is 13.2. The third-order valence-corrected chi connectivity index (χ3v) is 13.2. The van der Waals surface area contributed by atoms with E-state index in [-0.39, 0.29) is 31.1 Å². The summed E-state index contributed by atoms with van der Waals surface area (Å²) in [5.74, 6) is -0.863. The highest BCUT2D eigenvalue weighted by Crippen LogP contribution is 2.17. The summed E-state index contributed by atoms with van der Waals surface area (Å²) in [4.78, 5) is 38.2. The van der Waals surface area contributed by atoms with Crippen LogP contribution in [0.1, 0.15) is 323 Å². The molecular weight excluding hydrogens is 817 g/mol. The predicted octanol–water partition coefficient (Wildman–Crippen LogP) is 19.5. The van der Waals surface area contributed by atoms with Crippen LogP contribution in [-0.2, 0) is 28.6 Å². The van der Waals surface area contributed by atoms with E-state index in [9.17, 15) is 14.4 Å². The summed E-state index contributed by atoms with van der Waals surface area (Å²) >= 11 is 0. The third kappa shape index (κ3) is 52.9. The normalized spacial score (nSPS) is 12.1. The number of hydrogen-bond acceptors (Lipinski definition) is 6. The molecule has 0 heterocycles. The van der Waals surface area contributed by atoms with Gasteiger partial charge >= 0.3 is 17.9 Å². The van der Waals surface area contributed by atoms with E-state index in [2.05, 4.69) is 45.1 Å². The summed E-state index contributed by atoms with van der Waals surface area (Å²) in [6.45, 7) is 6.67. The largest absolute Gasteiger partial charge is 0.462 e. The molecular formula is C60H112O6. The van der Waals surface area contributed by atoms with Crippen LogP contribution in [0.5, 0.6) is 0 Å². The van der Waals surface area contributed by atoms with Gasteiger partial charge in [0.15, 0.2) is 6.10 Å². The van der Waals surface area contributed by atoms with Crippen molar-refractivity contribution in [1.82, 2.24) is 0 Å². The van der Waals surface area contributed by atoms with E-state index in [4.69, 9.17) is 14.2 Å². The molecule has 0 unspecified atom stereocenters. The summed E-state index contributed by atoms with van der Waals surface area (Å²) in [6.07, 6.45) is 64.5. The Morgan fingerprint density at radius 2 is 0.500 bits per heavy atom. The van der Waals surface area contributed by atoms with Crippen molar-refractivity contribution >= 4 is 17.9 Å². The van der Waals surface area contributed by atoms with Gasteiger partial charge < -0.3 is 14.2 Å². The van der Waals surface area contributed by atoms with E-state index in [0.29, 0.717) is 19.3 Å². The zero-order chi connectivity index (χ0) is 47.9. The number of hydrogen-bond donors (Lipinski definition) is 0. The molecule has 6 nitrogen and oxygen atoms in total. The average molecular weight is 930 g/mol. The number of carbonyl (C=O) groups is 3. The molecule has 6 heteroatoms. The maximum atomic E-state index is 12.9. The first kappa shape index (κ1) is 63.9. The molecule has 0 N–H and O–H groups in total. The predicted molar refractivity (Wildman–Crippen MR) is 284 cm³/mol. The molecule has 0 bridgehead atoms. The van der Waals surface area contributed by atoms with Crippen LogP contribution >= 0.6 is 0 Å². The lowest BCUT2D eigenvalue weighted by molar-refractivity contribution is -0.167. The standard InChI is InChI=1S/C60H112O6/c1-4-7-10-13-16-19-22-25-28-30-32-35-38-41-44-47-50-53-59(62)65-56-57(55-64-58(61)52-49-46-43-40-37-34-27-24-21-18-15-12-9-6-3)66-60(63)54-51-48-45-42-39-36-33-31-29-26-23-20-17-14-11-8-5-2/h24-25,27-28,57H,4-23,26,29-56H2,1-3H3/b27-24+,28-25+/t57-/m1/s1. The number of carbonyl (C=O) groups excluding carboxylic acids is 3. The first-order valence-electron chi connectivity index (χ1n) is 29.3. The van der Waals surface area contributed by atoms with Crippen molar-refractivity contribution in [2.24, 2.45) is 0 Å². The van der Waals surface area contributed by atoms with Crippen LogP contribution < -0.4 is 0 Å². The Morgan fingerprint density at radius 1 is 0.288 bits per heavy atom. The molecule has 0 aromatic rings.